The molecule has 192 valence electrons. The first-order chi connectivity index (χ1) is 17.8. The van der Waals surface area contributed by atoms with Crippen molar-refractivity contribution in [2.45, 2.75) is 31.8 Å². The number of fused-ring (bicyclic) bond motifs is 1. The molecular weight excluding hydrogens is 498 g/mol. The van der Waals surface area contributed by atoms with E-state index in [9.17, 15) is 4.79 Å². The molecule has 12 heteroatoms. The van der Waals surface area contributed by atoms with Gasteiger partial charge in [0, 0.05) is 24.8 Å². The second-order valence-electron chi connectivity index (χ2n) is 9.08. The van der Waals surface area contributed by atoms with Crippen molar-refractivity contribution in [3.05, 3.63) is 59.5 Å². The van der Waals surface area contributed by atoms with Crippen LogP contribution in [0.15, 0.2) is 48.8 Å². The Morgan fingerprint density at radius 2 is 1.95 bits per heavy atom. The van der Waals surface area contributed by atoms with Gasteiger partial charge in [0.05, 0.1) is 19.9 Å². The molecule has 2 N–H and O–H groups in total. The molecule has 0 aliphatic carbocycles. The quantitative estimate of drug-likeness (QED) is 0.340. The summed E-state index contributed by atoms with van der Waals surface area (Å²) in [7, 11) is 1.63. The molecule has 0 radical (unpaired) electrons. The van der Waals surface area contributed by atoms with E-state index in [1.807, 2.05) is 31.2 Å². The van der Waals surface area contributed by atoms with E-state index in [0.29, 0.717) is 55.2 Å². The van der Waals surface area contributed by atoms with Crippen molar-refractivity contribution in [1.29, 1.82) is 0 Å². The van der Waals surface area contributed by atoms with Crippen LogP contribution in [0.5, 0.6) is 17.4 Å². The van der Waals surface area contributed by atoms with Gasteiger partial charge in [0.1, 0.15) is 11.6 Å². The predicted molar refractivity (Wildman–Crippen MR) is 138 cm³/mol. The van der Waals surface area contributed by atoms with Crippen LogP contribution in [0.3, 0.4) is 0 Å². The summed E-state index contributed by atoms with van der Waals surface area (Å²) in [6, 6.07) is 11.1. The number of carbonyl (C=O) groups is 1. The number of hydrogen-bond donors (Lipinski definition) is 2. The Hall–Kier alpha value is -4.12. The van der Waals surface area contributed by atoms with Gasteiger partial charge in [-0.1, -0.05) is 23.7 Å². The first-order valence-corrected chi connectivity index (χ1v) is 12.1. The van der Waals surface area contributed by atoms with Gasteiger partial charge in [0.25, 0.3) is 5.88 Å². The zero-order valence-corrected chi connectivity index (χ0v) is 21.1. The number of benzene rings is 1. The summed E-state index contributed by atoms with van der Waals surface area (Å²) >= 11 is 6.20. The molecule has 4 heterocycles. The number of halogens is 1. The van der Waals surface area contributed by atoms with E-state index in [1.54, 1.807) is 36.3 Å². The second kappa shape index (κ2) is 10.1. The number of pyridine rings is 1. The van der Waals surface area contributed by atoms with Gasteiger partial charge in [0.2, 0.25) is 0 Å². The minimum absolute atomic E-state index is 0.219. The monoisotopic (exact) mass is 523 g/mol. The number of nitrogens with zero attached hydrogens (tertiary/aromatic N) is 6. The molecule has 0 atom stereocenters. The lowest BCUT2D eigenvalue weighted by atomic mass is 9.90. The molecule has 1 aliphatic heterocycles. The predicted octanol–water partition coefficient (Wildman–Crippen LogP) is 4.35. The highest BCUT2D eigenvalue weighted by atomic mass is 35.5. The lowest BCUT2D eigenvalue weighted by molar-refractivity contribution is 0.173. The third-order valence-corrected chi connectivity index (χ3v) is 6.71. The van der Waals surface area contributed by atoms with E-state index in [-0.39, 0.29) is 11.0 Å². The first-order valence-electron chi connectivity index (χ1n) is 11.7. The van der Waals surface area contributed by atoms with Crippen LogP contribution >= 0.6 is 11.6 Å². The average Bonchev–Trinajstić information content (AvgIpc) is 3.22. The molecule has 11 nitrogen and oxygen atoms in total. The molecular formula is C25H26ClN7O4. The molecule has 0 unspecified atom stereocenters. The normalized spacial score (nSPS) is 14.9. The third kappa shape index (κ3) is 5.36. The van der Waals surface area contributed by atoms with Crippen molar-refractivity contribution in [2.75, 3.05) is 25.1 Å². The SMILES string of the molecule is COc1ccc(Cn2nc(Oc3cccnc3Cl)c3ncc(N4CCC(C)(NC(=O)O)CC4)nc32)cc1. The topological polar surface area (TPSA) is 128 Å². The summed E-state index contributed by atoms with van der Waals surface area (Å²) in [6.07, 6.45) is 3.56. The van der Waals surface area contributed by atoms with Crippen molar-refractivity contribution in [2.24, 2.45) is 0 Å². The van der Waals surface area contributed by atoms with Crippen LogP contribution < -0.4 is 19.7 Å². The molecule has 1 aromatic carbocycles. The highest BCUT2D eigenvalue weighted by Gasteiger charge is 2.32. The molecule has 0 saturated carbocycles. The van der Waals surface area contributed by atoms with Gasteiger partial charge >= 0.3 is 6.09 Å². The zero-order valence-electron chi connectivity index (χ0n) is 20.4. The summed E-state index contributed by atoms with van der Waals surface area (Å²) in [5.74, 6) is 2.09. The molecule has 5 rings (SSSR count). The maximum Gasteiger partial charge on any atom is 0.405 e. The molecule has 3 aromatic heterocycles. The molecule has 37 heavy (non-hydrogen) atoms. The number of aromatic nitrogens is 5. The number of piperidine rings is 1. The van der Waals surface area contributed by atoms with Crippen LogP contribution in [0.25, 0.3) is 11.2 Å². The Labute approximate surface area is 218 Å². The summed E-state index contributed by atoms with van der Waals surface area (Å²) in [6.45, 7) is 3.63. The fraction of sp³-hybridized carbons (Fsp3) is 0.320. The highest BCUT2D eigenvalue weighted by molar-refractivity contribution is 6.30. The van der Waals surface area contributed by atoms with E-state index in [2.05, 4.69) is 25.3 Å². The number of hydrogen-bond acceptors (Lipinski definition) is 8. The Kier molecular flexibility index (Phi) is 6.70. The smallest absolute Gasteiger partial charge is 0.405 e. The molecule has 1 aliphatic rings. The van der Waals surface area contributed by atoms with E-state index in [0.717, 1.165) is 11.3 Å². The van der Waals surface area contributed by atoms with Gasteiger partial charge in [-0.25, -0.2) is 24.4 Å². The average molecular weight is 524 g/mol. The maximum absolute atomic E-state index is 11.2. The fourth-order valence-electron chi connectivity index (χ4n) is 4.30. The number of anilines is 1. The summed E-state index contributed by atoms with van der Waals surface area (Å²) < 4.78 is 13.0. The van der Waals surface area contributed by atoms with Crippen LogP contribution in [0.1, 0.15) is 25.3 Å². The molecule has 1 amide bonds. The number of amides is 1. The van der Waals surface area contributed by atoms with Crippen molar-refractivity contribution < 1.29 is 19.4 Å². The van der Waals surface area contributed by atoms with Crippen LogP contribution in [0.4, 0.5) is 10.6 Å². The zero-order chi connectivity index (χ0) is 26.0. The van der Waals surface area contributed by atoms with E-state index in [4.69, 9.17) is 31.2 Å². The Morgan fingerprint density at radius 3 is 2.62 bits per heavy atom. The summed E-state index contributed by atoms with van der Waals surface area (Å²) in [5, 5.41) is 16.7. The Bertz CT molecular complexity index is 1420. The van der Waals surface area contributed by atoms with Crippen molar-refractivity contribution in [3.63, 3.8) is 0 Å². The minimum atomic E-state index is -1.01. The van der Waals surface area contributed by atoms with Gasteiger partial charge < -0.3 is 24.8 Å². The minimum Gasteiger partial charge on any atom is -0.497 e. The second-order valence-corrected chi connectivity index (χ2v) is 9.44. The van der Waals surface area contributed by atoms with Gasteiger partial charge in [0.15, 0.2) is 22.1 Å². The lowest BCUT2D eigenvalue weighted by Crippen LogP contribution is -2.53. The lowest BCUT2D eigenvalue weighted by Gasteiger charge is -2.39. The van der Waals surface area contributed by atoms with Gasteiger partial charge in [-0.3, -0.25) is 0 Å². The molecule has 4 aromatic rings. The first kappa shape index (κ1) is 24.6. The fourth-order valence-corrected chi connectivity index (χ4v) is 4.46. The van der Waals surface area contributed by atoms with E-state index >= 15 is 0 Å². The maximum atomic E-state index is 11.2. The van der Waals surface area contributed by atoms with Crippen molar-refractivity contribution in [3.8, 4) is 17.4 Å². The standard InChI is InChI=1S/C25H26ClN7O4/c1-25(30-24(34)35)9-12-32(13-10-25)19-14-28-20-22(29-19)33(15-16-5-7-17(36-2)8-6-16)31-23(20)37-18-4-3-11-27-21(18)26/h3-8,11,14,30H,9-10,12-13,15H2,1-2H3,(H,34,35). The van der Waals surface area contributed by atoms with Crippen molar-refractivity contribution >= 4 is 34.7 Å². The summed E-state index contributed by atoms with van der Waals surface area (Å²) in [5.41, 5.74) is 1.57. The highest BCUT2D eigenvalue weighted by Crippen LogP contribution is 2.32. The summed E-state index contributed by atoms with van der Waals surface area (Å²) in [4.78, 5) is 26.9. The van der Waals surface area contributed by atoms with E-state index < -0.39 is 11.6 Å². The van der Waals surface area contributed by atoms with Gasteiger partial charge in [-0.2, -0.15) is 0 Å². The Balaban J connectivity index is 1.47. The van der Waals surface area contributed by atoms with Gasteiger partial charge in [-0.15, -0.1) is 5.10 Å². The van der Waals surface area contributed by atoms with Crippen molar-refractivity contribution in [1.82, 2.24) is 30.0 Å². The van der Waals surface area contributed by atoms with Crippen LogP contribution in [0, 0.1) is 0 Å². The molecule has 1 saturated heterocycles. The molecule has 1 fully saturated rings. The van der Waals surface area contributed by atoms with Crippen LogP contribution in [-0.2, 0) is 6.54 Å². The number of nitrogens with one attached hydrogen (secondary N) is 1. The number of rotatable bonds is 7. The van der Waals surface area contributed by atoms with Gasteiger partial charge in [-0.05, 0) is 49.6 Å². The molecule has 0 spiro atoms. The third-order valence-electron chi connectivity index (χ3n) is 6.42. The largest absolute Gasteiger partial charge is 0.497 e. The van der Waals surface area contributed by atoms with Crippen LogP contribution in [-0.4, -0.2) is 61.7 Å². The Morgan fingerprint density at radius 1 is 1.19 bits per heavy atom. The molecule has 0 bridgehead atoms. The van der Waals surface area contributed by atoms with E-state index in [1.165, 1.54) is 0 Å². The number of carboxylic acid groups (broad SMARTS) is 1. The number of methoxy groups -OCH3 is 1. The number of ether oxygens (including phenoxy) is 2. The van der Waals surface area contributed by atoms with Crippen LogP contribution in [0.2, 0.25) is 5.15 Å².